The van der Waals surface area contributed by atoms with Gasteiger partial charge in [0.1, 0.15) is 17.0 Å². The van der Waals surface area contributed by atoms with Gasteiger partial charge in [-0.2, -0.15) is 0 Å². The molecule has 0 atom stereocenters. The van der Waals surface area contributed by atoms with Crippen molar-refractivity contribution in [3.8, 4) is 5.75 Å². The summed E-state index contributed by atoms with van der Waals surface area (Å²) < 4.78 is 38.7. The lowest BCUT2D eigenvalue weighted by Gasteiger charge is -2.13. The van der Waals surface area contributed by atoms with Gasteiger partial charge in [0, 0.05) is 5.39 Å². The molecule has 4 rings (SSSR count). The number of rotatable bonds is 7. The van der Waals surface area contributed by atoms with Crippen molar-refractivity contribution in [3.63, 3.8) is 0 Å². The van der Waals surface area contributed by atoms with Crippen LogP contribution in [0.1, 0.15) is 20.9 Å². The Kier molecular flexibility index (Phi) is 5.76. The second-order valence-corrected chi connectivity index (χ2v) is 8.63. The number of hydrogen-bond donors (Lipinski definition) is 3. The Labute approximate surface area is 189 Å². The van der Waals surface area contributed by atoms with Crippen LogP contribution >= 0.6 is 0 Å². The molecule has 4 aromatic rings. The third kappa shape index (κ3) is 4.37. The van der Waals surface area contributed by atoms with Crippen LogP contribution in [0.15, 0.2) is 82.1 Å². The van der Waals surface area contributed by atoms with Crippen LogP contribution in [-0.2, 0) is 10.0 Å². The third-order valence-electron chi connectivity index (χ3n) is 4.84. The number of primary amides is 1. The van der Waals surface area contributed by atoms with Crippen LogP contribution < -0.4 is 20.5 Å². The van der Waals surface area contributed by atoms with E-state index in [1.54, 1.807) is 36.4 Å². The molecule has 33 heavy (non-hydrogen) atoms. The van der Waals surface area contributed by atoms with E-state index in [4.69, 9.17) is 14.9 Å². The molecule has 1 aromatic heterocycles. The van der Waals surface area contributed by atoms with E-state index in [0.29, 0.717) is 16.7 Å². The van der Waals surface area contributed by atoms with Crippen molar-refractivity contribution in [1.29, 1.82) is 0 Å². The van der Waals surface area contributed by atoms with Crippen LogP contribution in [-0.4, -0.2) is 27.3 Å². The number of carbonyl (C=O) groups excluding carboxylic acids is 2. The van der Waals surface area contributed by atoms with Gasteiger partial charge in [0.25, 0.3) is 21.8 Å². The zero-order valence-corrected chi connectivity index (χ0v) is 18.2. The van der Waals surface area contributed by atoms with E-state index in [9.17, 15) is 18.0 Å². The van der Waals surface area contributed by atoms with Gasteiger partial charge >= 0.3 is 0 Å². The number of furan rings is 1. The van der Waals surface area contributed by atoms with Crippen molar-refractivity contribution in [2.45, 2.75) is 4.90 Å². The molecule has 2 amide bonds. The predicted octanol–water partition coefficient (Wildman–Crippen LogP) is 3.59. The Morgan fingerprint density at radius 2 is 1.61 bits per heavy atom. The molecule has 168 valence electrons. The van der Waals surface area contributed by atoms with Gasteiger partial charge < -0.3 is 20.2 Å². The monoisotopic (exact) mass is 465 g/mol. The Morgan fingerprint density at radius 1 is 0.939 bits per heavy atom. The molecule has 0 aliphatic carbocycles. The van der Waals surface area contributed by atoms with E-state index < -0.39 is 21.8 Å². The number of hydrogen-bond acceptors (Lipinski definition) is 6. The molecule has 0 unspecified atom stereocenters. The summed E-state index contributed by atoms with van der Waals surface area (Å²) in [5.41, 5.74) is 5.98. The lowest BCUT2D eigenvalue weighted by Crippen LogP contribution is -2.20. The number of anilines is 2. The van der Waals surface area contributed by atoms with Crippen LogP contribution in [0.25, 0.3) is 11.0 Å². The van der Waals surface area contributed by atoms with Gasteiger partial charge in [-0.05, 0) is 48.5 Å². The molecule has 10 heteroatoms. The molecule has 0 spiro atoms. The first-order valence-corrected chi connectivity index (χ1v) is 11.2. The smallest absolute Gasteiger partial charge is 0.286 e. The molecular formula is C23H19N3O6S. The standard InChI is InChI=1S/C23H19N3O6S/c1-31-14-10-12-15(13-11-14)33(29,30)26-18-8-4-2-6-16(18)23(28)25-20-17-7-3-5-9-19(17)32-21(20)22(24)27/h2-13,26H,1H3,(H2,24,27)(H,25,28). The number of amides is 2. The number of benzene rings is 3. The molecule has 4 N–H and O–H groups in total. The summed E-state index contributed by atoms with van der Waals surface area (Å²) in [6.45, 7) is 0. The Morgan fingerprint density at radius 3 is 2.30 bits per heavy atom. The van der Waals surface area contributed by atoms with Crippen LogP contribution in [0.3, 0.4) is 0 Å². The first-order valence-electron chi connectivity index (χ1n) is 9.69. The van der Waals surface area contributed by atoms with Gasteiger partial charge in [0.05, 0.1) is 23.3 Å². The van der Waals surface area contributed by atoms with Crippen LogP contribution in [0.2, 0.25) is 0 Å². The summed E-state index contributed by atoms with van der Waals surface area (Å²) in [5, 5.41) is 3.11. The number of para-hydroxylation sites is 2. The first kappa shape index (κ1) is 21.9. The fourth-order valence-electron chi connectivity index (χ4n) is 3.25. The van der Waals surface area contributed by atoms with E-state index in [1.807, 2.05) is 0 Å². The highest BCUT2D eigenvalue weighted by molar-refractivity contribution is 7.92. The number of sulfonamides is 1. The summed E-state index contributed by atoms with van der Waals surface area (Å²) in [5.74, 6) is -1.21. The van der Waals surface area contributed by atoms with Crippen molar-refractivity contribution in [1.82, 2.24) is 0 Å². The highest BCUT2D eigenvalue weighted by Crippen LogP contribution is 2.31. The molecule has 0 radical (unpaired) electrons. The predicted molar refractivity (Wildman–Crippen MR) is 123 cm³/mol. The van der Waals surface area contributed by atoms with Gasteiger partial charge in [0.15, 0.2) is 0 Å². The normalized spacial score (nSPS) is 11.2. The van der Waals surface area contributed by atoms with Crippen molar-refractivity contribution in [2.75, 3.05) is 17.1 Å². The average molecular weight is 465 g/mol. The summed E-state index contributed by atoms with van der Waals surface area (Å²) in [4.78, 5) is 24.9. The first-order chi connectivity index (χ1) is 15.8. The largest absolute Gasteiger partial charge is 0.497 e. The number of methoxy groups -OCH3 is 1. The van der Waals surface area contributed by atoms with Crippen molar-refractivity contribution in [2.24, 2.45) is 5.73 Å². The van der Waals surface area contributed by atoms with Crippen LogP contribution in [0.5, 0.6) is 5.75 Å². The lowest BCUT2D eigenvalue weighted by atomic mass is 10.1. The maximum Gasteiger partial charge on any atom is 0.286 e. The molecule has 0 aliphatic rings. The molecule has 0 fully saturated rings. The fourth-order valence-corrected chi connectivity index (χ4v) is 4.33. The number of fused-ring (bicyclic) bond motifs is 1. The van der Waals surface area contributed by atoms with Crippen molar-refractivity contribution >= 4 is 44.2 Å². The van der Waals surface area contributed by atoms with Gasteiger partial charge in [0.2, 0.25) is 5.76 Å². The van der Waals surface area contributed by atoms with Gasteiger partial charge in [-0.1, -0.05) is 24.3 Å². The summed E-state index contributed by atoms with van der Waals surface area (Å²) >= 11 is 0. The fraction of sp³-hybridized carbons (Fsp3) is 0.0435. The molecule has 3 aromatic carbocycles. The minimum Gasteiger partial charge on any atom is -0.497 e. The minimum atomic E-state index is -3.99. The number of nitrogens with one attached hydrogen (secondary N) is 2. The highest BCUT2D eigenvalue weighted by Gasteiger charge is 2.23. The minimum absolute atomic E-state index is 0.00430. The molecule has 9 nitrogen and oxygen atoms in total. The highest BCUT2D eigenvalue weighted by atomic mass is 32.2. The van der Waals surface area contributed by atoms with Gasteiger partial charge in [-0.15, -0.1) is 0 Å². The maximum atomic E-state index is 13.1. The molecule has 0 saturated heterocycles. The Balaban J connectivity index is 1.67. The number of nitrogens with two attached hydrogens (primary N) is 1. The van der Waals surface area contributed by atoms with Crippen LogP contribution in [0, 0.1) is 0 Å². The van der Waals surface area contributed by atoms with E-state index in [0.717, 1.165) is 0 Å². The van der Waals surface area contributed by atoms with E-state index in [2.05, 4.69) is 10.0 Å². The van der Waals surface area contributed by atoms with E-state index in [-0.39, 0.29) is 27.6 Å². The Hall–Kier alpha value is -4.31. The zero-order valence-electron chi connectivity index (χ0n) is 17.4. The van der Waals surface area contributed by atoms with Crippen molar-refractivity contribution in [3.05, 3.63) is 84.1 Å². The van der Waals surface area contributed by atoms with E-state index in [1.165, 1.54) is 43.5 Å². The van der Waals surface area contributed by atoms with Crippen LogP contribution in [0.4, 0.5) is 11.4 Å². The lowest BCUT2D eigenvalue weighted by molar-refractivity contribution is 0.0977. The SMILES string of the molecule is COc1ccc(S(=O)(=O)Nc2ccccc2C(=O)Nc2c(C(N)=O)oc3ccccc23)cc1. The molecule has 0 bridgehead atoms. The summed E-state index contributed by atoms with van der Waals surface area (Å²) in [6.07, 6.45) is 0. The molecule has 1 heterocycles. The average Bonchev–Trinajstić information content (AvgIpc) is 3.18. The van der Waals surface area contributed by atoms with Gasteiger partial charge in [-0.25, -0.2) is 8.42 Å². The quantitative estimate of drug-likeness (QED) is 0.381. The summed E-state index contributed by atoms with van der Waals surface area (Å²) in [6, 6.07) is 18.6. The second kappa shape index (κ2) is 8.67. The van der Waals surface area contributed by atoms with Gasteiger partial charge in [-0.3, -0.25) is 14.3 Å². The number of ether oxygens (including phenoxy) is 1. The topological polar surface area (TPSA) is 141 Å². The number of carbonyl (C=O) groups is 2. The third-order valence-corrected chi connectivity index (χ3v) is 6.22. The molecular weight excluding hydrogens is 446 g/mol. The molecule has 0 aliphatic heterocycles. The van der Waals surface area contributed by atoms with E-state index >= 15 is 0 Å². The summed E-state index contributed by atoms with van der Waals surface area (Å²) in [7, 11) is -2.52. The second-order valence-electron chi connectivity index (χ2n) is 6.95. The maximum absolute atomic E-state index is 13.1. The Bertz CT molecular complexity index is 1460. The zero-order chi connectivity index (χ0) is 23.6. The van der Waals surface area contributed by atoms with Crippen molar-refractivity contribution < 1.29 is 27.2 Å². The molecule has 0 saturated carbocycles.